The lowest BCUT2D eigenvalue weighted by molar-refractivity contribution is -0.166. The molecule has 0 aromatic heterocycles. The number of benzene rings is 1. The van der Waals surface area contributed by atoms with Gasteiger partial charge in [-0.3, -0.25) is 9.00 Å². The van der Waals surface area contributed by atoms with E-state index in [1.54, 1.807) is 24.3 Å². The van der Waals surface area contributed by atoms with Crippen LogP contribution in [0.5, 0.6) is 0 Å². The van der Waals surface area contributed by atoms with Crippen molar-refractivity contribution in [2.75, 3.05) is 26.2 Å². The molecule has 2 unspecified atom stereocenters. The number of alkyl halides is 3. The van der Waals surface area contributed by atoms with Gasteiger partial charge in [0, 0.05) is 33.5 Å². The molecule has 0 N–H and O–H groups in total. The van der Waals surface area contributed by atoms with Crippen LogP contribution in [0, 0.1) is 0 Å². The van der Waals surface area contributed by atoms with E-state index in [0.29, 0.717) is 23.6 Å². The van der Waals surface area contributed by atoms with Gasteiger partial charge in [-0.15, -0.1) is 0 Å². The van der Waals surface area contributed by atoms with Crippen molar-refractivity contribution in [1.29, 1.82) is 0 Å². The van der Waals surface area contributed by atoms with Gasteiger partial charge in [0.05, 0.1) is 16.8 Å². The highest BCUT2D eigenvalue weighted by Gasteiger charge is 2.45. The van der Waals surface area contributed by atoms with Gasteiger partial charge in [0.25, 0.3) is 5.78 Å². The van der Waals surface area contributed by atoms with E-state index in [9.17, 15) is 22.2 Å². The van der Waals surface area contributed by atoms with E-state index in [1.165, 1.54) is 6.20 Å². The Bertz CT molecular complexity index is 996. The van der Waals surface area contributed by atoms with Crippen LogP contribution in [-0.4, -0.2) is 63.4 Å². The molecule has 0 spiro atoms. The first-order valence-electron chi connectivity index (χ1n) is 11.1. The van der Waals surface area contributed by atoms with Crippen LogP contribution in [0.3, 0.4) is 0 Å². The molecule has 33 heavy (non-hydrogen) atoms. The van der Waals surface area contributed by atoms with Crippen LogP contribution < -0.4 is 0 Å². The summed E-state index contributed by atoms with van der Waals surface area (Å²) in [4.78, 5) is 16.9. The molecule has 1 fully saturated rings. The molecular formula is C24H26ClF3N2O2S. The van der Waals surface area contributed by atoms with Gasteiger partial charge in [-0.05, 0) is 75.2 Å². The topological polar surface area (TPSA) is 40.6 Å². The number of ketones is 1. The van der Waals surface area contributed by atoms with Crippen LogP contribution in [0.1, 0.15) is 25.7 Å². The van der Waals surface area contributed by atoms with E-state index in [2.05, 4.69) is 4.90 Å². The molecule has 4 nitrogen and oxygen atoms in total. The van der Waals surface area contributed by atoms with Crippen molar-refractivity contribution in [2.24, 2.45) is 0 Å². The number of rotatable bonds is 7. The summed E-state index contributed by atoms with van der Waals surface area (Å²) in [5.41, 5.74) is 0.229. The predicted molar refractivity (Wildman–Crippen MR) is 123 cm³/mol. The van der Waals surface area contributed by atoms with Crippen LogP contribution in [0.4, 0.5) is 13.2 Å². The minimum Gasteiger partial charge on any atom is -0.369 e. The molecule has 0 bridgehead atoms. The predicted octanol–water partition coefficient (Wildman–Crippen LogP) is 4.89. The van der Waals surface area contributed by atoms with Gasteiger partial charge in [0.15, 0.2) is 0 Å². The van der Waals surface area contributed by atoms with Crippen LogP contribution >= 0.6 is 11.6 Å². The number of hydrogen-bond donors (Lipinski definition) is 0. The van der Waals surface area contributed by atoms with E-state index in [1.807, 2.05) is 23.1 Å². The molecule has 0 radical (unpaired) electrons. The zero-order valence-electron chi connectivity index (χ0n) is 18.1. The quantitative estimate of drug-likeness (QED) is 0.537. The zero-order chi connectivity index (χ0) is 23.6. The number of hydrogen-bond acceptors (Lipinski definition) is 4. The summed E-state index contributed by atoms with van der Waals surface area (Å²) in [6.07, 6.45) is 4.82. The second-order valence-electron chi connectivity index (χ2n) is 8.56. The highest BCUT2D eigenvalue weighted by atomic mass is 35.5. The summed E-state index contributed by atoms with van der Waals surface area (Å²) in [6, 6.07) is 6.94. The molecule has 1 saturated heterocycles. The number of nitrogens with zero attached hydrogens (tertiary/aromatic N) is 2. The molecule has 0 saturated carbocycles. The standard InChI is InChI=1S/C24H26ClF3N2O2S/c25-17-6-8-18(9-7-17)33(32)19-10-14-29(15-11-19)12-3-13-30-16-21(23(31)24(26,27)28)20-4-1-2-5-22(20)30/h1-2,4,6-9,16,19,22H,3,5,10-15H2. The first-order chi connectivity index (χ1) is 15.7. The third-order valence-corrected chi connectivity index (χ3v) is 8.48. The number of Topliss-reactive ketones (excluding diaryl/α,β-unsaturated/α-hetero) is 1. The van der Waals surface area contributed by atoms with Gasteiger partial charge in [0.2, 0.25) is 0 Å². The van der Waals surface area contributed by atoms with E-state index >= 15 is 0 Å². The Kier molecular flexibility index (Phi) is 7.46. The molecule has 2 aliphatic heterocycles. The molecule has 9 heteroatoms. The first-order valence-corrected chi connectivity index (χ1v) is 12.7. The molecule has 2 heterocycles. The van der Waals surface area contributed by atoms with Crippen LogP contribution in [0.15, 0.2) is 64.7 Å². The van der Waals surface area contributed by atoms with E-state index in [4.69, 9.17) is 11.6 Å². The third kappa shape index (κ3) is 5.61. The Morgan fingerprint density at radius 3 is 2.48 bits per heavy atom. The van der Waals surface area contributed by atoms with Crippen LogP contribution in [0.2, 0.25) is 5.02 Å². The molecule has 2 atom stereocenters. The lowest BCUT2D eigenvalue weighted by Gasteiger charge is -2.32. The van der Waals surface area contributed by atoms with Gasteiger partial charge in [-0.2, -0.15) is 13.2 Å². The van der Waals surface area contributed by atoms with Crippen molar-refractivity contribution >= 4 is 28.2 Å². The van der Waals surface area contributed by atoms with Crippen molar-refractivity contribution in [3.63, 3.8) is 0 Å². The summed E-state index contributed by atoms with van der Waals surface area (Å²) in [5.74, 6) is -1.77. The van der Waals surface area contributed by atoms with Crippen molar-refractivity contribution in [1.82, 2.24) is 9.80 Å². The minimum atomic E-state index is -4.87. The summed E-state index contributed by atoms with van der Waals surface area (Å²) in [7, 11) is -1.06. The summed E-state index contributed by atoms with van der Waals surface area (Å²) < 4.78 is 51.8. The van der Waals surface area contributed by atoms with Crippen molar-refractivity contribution in [3.8, 4) is 0 Å². The third-order valence-electron chi connectivity index (χ3n) is 6.41. The molecule has 1 aromatic rings. The average Bonchev–Trinajstić information content (AvgIpc) is 3.17. The minimum absolute atomic E-state index is 0.113. The number of likely N-dealkylation sites (tertiary alicyclic amines) is 1. The Hall–Kier alpha value is -1.90. The number of allylic oxidation sites excluding steroid dienone is 2. The first kappa shape index (κ1) is 24.2. The van der Waals surface area contributed by atoms with Gasteiger partial charge < -0.3 is 9.80 Å². The molecular weight excluding hydrogens is 473 g/mol. The Morgan fingerprint density at radius 2 is 1.82 bits per heavy atom. The fourth-order valence-electron chi connectivity index (χ4n) is 4.68. The second kappa shape index (κ2) is 10.2. The van der Waals surface area contributed by atoms with Gasteiger partial charge in [-0.25, -0.2) is 0 Å². The lowest BCUT2D eigenvalue weighted by atomic mass is 9.93. The highest BCUT2D eigenvalue weighted by molar-refractivity contribution is 7.85. The normalized spacial score (nSPS) is 22.7. The number of carbonyl (C=O) groups is 1. The van der Waals surface area contributed by atoms with E-state index < -0.39 is 22.8 Å². The van der Waals surface area contributed by atoms with E-state index in [-0.39, 0.29) is 16.9 Å². The van der Waals surface area contributed by atoms with Gasteiger partial charge >= 0.3 is 6.18 Å². The fraction of sp³-hybridized carbons (Fsp3) is 0.458. The summed E-state index contributed by atoms with van der Waals surface area (Å²) in [6.45, 7) is 3.08. The second-order valence-corrected chi connectivity index (χ2v) is 10.7. The fourth-order valence-corrected chi connectivity index (χ4v) is 6.23. The van der Waals surface area contributed by atoms with Crippen LogP contribution in [0.25, 0.3) is 0 Å². The maximum atomic E-state index is 13.0. The SMILES string of the molecule is O=C(C1=CN(CCCN2CCC(S(=O)c3ccc(Cl)cc3)CC2)C2CC=CC=C12)C(F)(F)F. The summed E-state index contributed by atoms with van der Waals surface area (Å²) >= 11 is 5.91. The lowest BCUT2D eigenvalue weighted by Crippen LogP contribution is -2.39. The number of halogens is 4. The Morgan fingerprint density at radius 1 is 1.12 bits per heavy atom. The Balaban J connectivity index is 1.28. The maximum absolute atomic E-state index is 13.0. The molecule has 0 amide bonds. The van der Waals surface area contributed by atoms with Gasteiger partial charge in [0.1, 0.15) is 0 Å². The van der Waals surface area contributed by atoms with E-state index in [0.717, 1.165) is 43.8 Å². The molecule has 1 aliphatic carbocycles. The summed E-state index contributed by atoms with van der Waals surface area (Å²) in [5, 5.41) is 0.738. The molecule has 178 valence electrons. The van der Waals surface area contributed by atoms with Crippen LogP contribution in [-0.2, 0) is 15.6 Å². The maximum Gasteiger partial charge on any atom is 0.454 e. The van der Waals surface area contributed by atoms with Gasteiger partial charge in [-0.1, -0.05) is 29.8 Å². The largest absolute Gasteiger partial charge is 0.454 e. The molecule has 3 aliphatic rings. The monoisotopic (exact) mass is 498 g/mol. The molecule has 4 rings (SSSR count). The Labute approximate surface area is 199 Å². The van der Waals surface area contributed by atoms with Crippen molar-refractivity contribution in [3.05, 3.63) is 64.9 Å². The van der Waals surface area contributed by atoms with Crippen molar-refractivity contribution in [2.45, 2.75) is 48.0 Å². The highest BCUT2D eigenvalue weighted by Crippen LogP contribution is 2.36. The average molecular weight is 499 g/mol. The molecule has 1 aromatic carbocycles. The number of carbonyl (C=O) groups excluding carboxylic acids is 1. The number of fused-ring (bicyclic) bond motifs is 1. The smallest absolute Gasteiger partial charge is 0.369 e. The van der Waals surface area contributed by atoms with Crippen molar-refractivity contribution < 1.29 is 22.2 Å². The zero-order valence-corrected chi connectivity index (χ0v) is 19.6. The number of piperidine rings is 1.